The van der Waals surface area contributed by atoms with Gasteiger partial charge in [-0.1, -0.05) is 23.3 Å². The van der Waals surface area contributed by atoms with E-state index in [1.165, 1.54) is 23.8 Å². The van der Waals surface area contributed by atoms with Gasteiger partial charge in [-0.05, 0) is 33.6 Å². The van der Waals surface area contributed by atoms with E-state index in [1.807, 2.05) is 0 Å². The molecule has 0 spiro atoms. The number of hydrogen-bond acceptors (Lipinski definition) is 4. The number of aromatic nitrogens is 3. The van der Waals surface area contributed by atoms with Crippen LogP contribution in [0.3, 0.4) is 0 Å². The first-order valence-corrected chi connectivity index (χ1v) is 5.83. The van der Waals surface area contributed by atoms with Crippen LogP contribution in [0.25, 0.3) is 0 Å². The van der Waals surface area contributed by atoms with Crippen LogP contribution < -0.4 is 5.32 Å². The fraction of sp³-hybridized carbons (Fsp3) is 0.462. The van der Waals surface area contributed by atoms with Crippen molar-refractivity contribution in [2.24, 2.45) is 0 Å². The number of allylic oxidation sites excluding steroid dienone is 3. The normalized spacial score (nSPS) is 11.1. The van der Waals surface area contributed by atoms with E-state index in [1.54, 1.807) is 0 Å². The maximum Gasteiger partial charge on any atom is 0.225 e. The van der Waals surface area contributed by atoms with Crippen LogP contribution in [0.15, 0.2) is 36.0 Å². The van der Waals surface area contributed by atoms with Crippen LogP contribution in [0.2, 0.25) is 0 Å². The van der Waals surface area contributed by atoms with Gasteiger partial charge < -0.3 is 5.32 Å². The zero-order valence-electron chi connectivity index (χ0n) is 10.8. The van der Waals surface area contributed by atoms with E-state index in [4.69, 9.17) is 0 Å². The summed E-state index contributed by atoms with van der Waals surface area (Å²) in [6, 6.07) is 0. The fourth-order valence-electron chi connectivity index (χ4n) is 1.34. The monoisotopic (exact) mass is 232 g/mol. The van der Waals surface area contributed by atoms with Gasteiger partial charge in [-0.3, -0.25) is 0 Å². The quantitative estimate of drug-likeness (QED) is 0.766. The molecule has 1 aromatic rings. The highest BCUT2D eigenvalue weighted by Crippen LogP contribution is 2.06. The Balaban J connectivity index is 2.26. The molecule has 17 heavy (non-hydrogen) atoms. The maximum absolute atomic E-state index is 3.99. The molecule has 1 aromatic heterocycles. The van der Waals surface area contributed by atoms with E-state index in [2.05, 4.69) is 53.2 Å². The SMILES string of the molecule is CC(C)=CCCC(C)=CCNc1ncncn1. The van der Waals surface area contributed by atoms with E-state index in [0.717, 1.165) is 19.4 Å². The number of nitrogens with zero attached hydrogens (tertiary/aromatic N) is 3. The Morgan fingerprint density at radius 2 is 1.88 bits per heavy atom. The Bertz CT molecular complexity index is 378. The van der Waals surface area contributed by atoms with Gasteiger partial charge in [-0.2, -0.15) is 0 Å². The molecular weight excluding hydrogens is 212 g/mol. The molecular formula is C13H20N4. The van der Waals surface area contributed by atoms with Gasteiger partial charge in [0.2, 0.25) is 5.95 Å². The minimum absolute atomic E-state index is 0.619. The lowest BCUT2D eigenvalue weighted by atomic mass is 10.1. The molecule has 0 fully saturated rings. The molecule has 0 saturated heterocycles. The number of anilines is 1. The van der Waals surface area contributed by atoms with Crippen molar-refractivity contribution in [1.29, 1.82) is 0 Å². The minimum Gasteiger partial charge on any atom is -0.351 e. The number of nitrogens with one attached hydrogen (secondary N) is 1. The summed E-state index contributed by atoms with van der Waals surface area (Å²) in [7, 11) is 0. The van der Waals surface area contributed by atoms with Crippen LogP contribution in [0.4, 0.5) is 5.95 Å². The molecule has 0 bridgehead atoms. The first-order valence-electron chi connectivity index (χ1n) is 5.83. The smallest absolute Gasteiger partial charge is 0.225 e. The van der Waals surface area contributed by atoms with Crippen molar-refractivity contribution in [3.63, 3.8) is 0 Å². The van der Waals surface area contributed by atoms with Gasteiger partial charge in [0.05, 0.1) is 0 Å². The number of hydrogen-bond donors (Lipinski definition) is 1. The Morgan fingerprint density at radius 1 is 1.18 bits per heavy atom. The van der Waals surface area contributed by atoms with Crippen LogP contribution in [0.5, 0.6) is 0 Å². The molecule has 0 saturated carbocycles. The summed E-state index contributed by atoms with van der Waals surface area (Å²) >= 11 is 0. The highest BCUT2D eigenvalue weighted by atomic mass is 15.1. The molecule has 0 aliphatic rings. The van der Waals surface area contributed by atoms with Crippen molar-refractivity contribution in [3.8, 4) is 0 Å². The molecule has 0 aliphatic heterocycles. The molecule has 1 N–H and O–H groups in total. The maximum atomic E-state index is 3.99. The lowest BCUT2D eigenvalue weighted by Crippen LogP contribution is -2.03. The van der Waals surface area contributed by atoms with Crippen molar-refractivity contribution in [2.75, 3.05) is 11.9 Å². The summed E-state index contributed by atoms with van der Waals surface area (Å²) < 4.78 is 0. The second-order valence-corrected chi connectivity index (χ2v) is 4.21. The Morgan fingerprint density at radius 3 is 2.53 bits per heavy atom. The molecule has 0 atom stereocenters. The molecule has 0 unspecified atom stereocenters. The average molecular weight is 232 g/mol. The van der Waals surface area contributed by atoms with Gasteiger partial charge in [-0.25, -0.2) is 15.0 Å². The molecule has 92 valence electrons. The summed E-state index contributed by atoms with van der Waals surface area (Å²) in [5.41, 5.74) is 2.75. The lowest BCUT2D eigenvalue weighted by Gasteiger charge is -2.02. The van der Waals surface area contributed by atoms with Gasteiger partial charge in [-0.15, -0.1) is 0 Å². The molecule has 1 rings (SSSR count). The highest BCUT2D eigenvalue weighted by molar-refractivity contribution is 5.22. The lowest BCUT2D eigenvalue weighted by molar-refractivity contribution is 0.956. The standard InChI is InChI=1S/C13H20N4/c1-11(2)5-4-6-12(3)7-8-15-13-16-9-14-10-17-13/h5,7,9-10H,4,6,8H2,1-3H3,(H,14,15,16,17). The molecule has 0 aliphatic carbocycles. The summed E-state index contributed by atoms with van der Waals surface area (Å²) in [4.78, 5) is 11.7. The first-order chi connectivity index (χ1) is 8.18. The van der Waals surface area contributed by atoms with E-state index in [0.29, 0.717) is 5.95 Å². The summed E-state index contributed by atoms with van der Waals surface area (Å²) in [6.07, 6.45) is 9.61. The fourth-order valence-corrected chi connectivity index (χ4v) is 1.34. The van der Waals surface area contributed by atoms with Gasteiger partial charge in [0.15, 0.2) is 0 Å². The van der Waals surface area contributed by atoms with Crippen LogP contribution >= 0.6 is 0 Å². The van der Waals surface area contributed by atoms with Crippen molar-refractivity contribution < 1.29 is 0 Å². The zero-order valence-corrected chi connectivity index (χ0v) is 10.8. The van der Waals surface area contributed by atoms with Crippen molar-refractivity contribution >= 4 is 5.95 Å². The van der Waals surface area contributed by atoms with Crippen molar-refractivity contribution in [1.82, 2.24) is 15.0 Å². The van der Waals surface area contributed by atoms with Gasteiger partial charge in [0.1, 0.15) is 12.7 Å². The van der Waals surface area contributed by atoms with Gasteiger partial charge >= 0.3 is 0 Å². The third kappa shape index (κ3) is 6.45. The van der Waals surface area contributed by atoms with E-state index < -0.39 is 0 Å². The number of rotatable bonds is 6. The van der Waals surface area contributed by atoms with Crippen LogP contribution in [-0.2, 0) is 0 Å². The summed E-state index contributed by atoms with van der Waals surface area (Å²) in [5.74, 6) is 0.619. The topological polar surface area (TPSA) is 50.7 Å². The van der Waals surface area contributed by atoms with Crippen LogP contribution in [0.1, 0.15) is 33.6 Å². The van der Waals surface area contributed by atoms with Gasteiger partial charge in [0, 0.05) is 6.54 Å². The third-order valence-electron chi connectivity index (χ3n) is 2.30. The second-order valence-electron chi connectivity index (χ2n) is 4.21. The van der Waals surface area contributed by atoms with Crippen molar-refractivity contribution in [2.45, 2.75) is 33.6 Å². The predicted octanol–water partition coefficient (Wildman–Crippen LogP) is 2.98. The third-order valence-corrected chi connectivity index (χ3v) is 2.30. The molecule has 0 amide bonds. The van der Waals surface area contributed by atoms with Crippen LogP contribution in [0, 0.1) is 0 Å². The highest BCUT2D eigenvalue weighted by Gasteiger charge is 1.92. The first kappa shape index (κ1) is 13.4. The predicted molar refractivity (Wildman–Crippen MR) is 70.7 cm³/mol. The zero-order chi connectivity index (χ0) is 12.5. The van der Waals surface area contributed by atoms with E-state index in [-0.39, 0.29) is 0 Å². The summed E-state index contributed by atoms with van der Waals surface area (Å²) in [5, 5.41) is 3.12. The Hall–Kier alpha value is -1.71. The average Bonchev–Trinajstić information content (AvgIpc) is 2.30. The summed E-state index contributed by atoms with van der Waals surface area (Å²) in [6.45, 7) is 7.15. The van der Waals surface area contributed by atoms with E-state index in [9.17, 15) is 0 Å². The molecule has 4 nitrogen and oxygen atoms in total. The molecule has 4 heteroatoms. The second kappa shape index (κ2) is 7.54. The largest absolute Gasteiger partial charge is 0.351 e. The Kier molecular flexibility index (Phi) is 5.93. The molecule has 0 radical (unpaired) electrons. The van der Waals surface area contributed by atoms with Crippen molar-refractivity contribution in [3.05, 3.63) is 36.0 Å². The van der Waals surface area contributed by atoms with Crippen LogP contribution in [-0.4, -0.2) is 21.5 Å². The van der Waals surface area contributed by atoms with E-state index >= 15 is 0 Å². The molecule has 0 aromatic carbocycles. The minimum atomic E-state index is 0.619. The van der Waals surface area contributed by atoms with Gasteiger partial charge in [0.25, 0.3) is 0 Å². The Labute approximate surface area is 103 Å². The molecule has 1 heterocycles.